The van der Waals surface area contributed by atoms with E-state index in [4.69, 9.17) is 9.72 Å². The van der Waals surface area contributed by atoms with Gasteiger partial charge in [0, 0.05) is 18.9 Å². The molecule has 1 atom stereocenters. The first kappa shape index (κ1) is 22.4. The second kappa shape index (κ2) is 9.49. The average Bonchev–Trinajstić information content (AvgIpc) is 3.39. The van der Waals surface area contributed by atoms with Gasteiger partial charge in [0.2, 0.25) is 0 Å². The number of carbonyl (C=O) groups is 1. The van der Waals surface area contributed by atoms with E-state index in [0.717, 1.165) is 24.0 Å². The summed E-state index contributed by atoms with van der Waals surface area (Å²) in [5.74, 6) is -0.514. The molecule has 4 aromatic rings. The highest BCUT2D eigenvalue weighted by atomic mass is 16.5. The smallest absolute Gasteiger partial charge is 0.271 e. The van der Waals surface area contributed by atoms with E-state index in [1.165, 1.54) is 16.5 Å². The molecular formula is C27H23N5O3. The van der Waals surface area contributed by atoms with Crippen molar-refractivity contribution in [3.8, 4) is 6.07 Å². The van der Waals surface area contributed by atoms with Crippen LogP contribution in [0.3, 0.4) is 0 Å². The minimum absolute atomic E-state index is 0.127. The topological polar surface area (TPSA) is 102 Å². The Balaban J connectivity index is 1.76. The molecule has 8 heteroatoms. The summed E-state index contributed by atoms with van der Waals surface area (Å²) < 4.78 is 8.99. The maximum absolute atomic E-state index is 13.4. The van der Waals surface area contributed by atoms with Crippen molar-refractivity contribution in [2.75, 3.05) is 6.61 Å². The van der Waals surface area contributed by atoms with E-state index in [1.54, 1.807) is 22.9 Å². The third kappa shape index (κ3) is 4.42. The Morgan fingerprint density at radius 1 is 1.26 bits per heavy atom. The average molecular weight is 466 g/mol. The van der Waals surface area contributed by atoms with Crippen LogP contribution in [0.5, 0.6) is 0 Å². The van der Waals surface area contributed by atoms with Crippen molar-refractivity contribution in [1.82, 2.24) is 14.0 Å². The molecule has 174 valence electrons. The van der Waals surface area contributed by atoms with Gasteiger partial charge < -0.3 is 9.30 Å². The Morgan fingerprint density at radius 3 is 2.83 bits per heavy atom. The molecular weight excluding hydrogens is 442 g/mol. The van der Waals surface area contributed by atoms with Crippen molar-refractivity contribution in [1.29, 1.82) is 5.26 Å². The number of aryl methyl sites for hydroxylation is 1. The van der Waals surface area contributed by atoms with Crippen molar-refractivity contribution < 1.29 is 9.53 Å². The van der Waals surface area contributed by atoms with Gasteiger partial charge in [-0.15, -0.1) is 0 Å². The number of nitrogens with zero attached hydrogens (tertiary/aromatic N) is 5. The summed E-state index contributed by atoms with van der Waals surface area (Å²) in [6.45, 7) is 2.85. The molecule has 35 heavy (non-hydrogen) atoms. The molecule has 1 amide bonds. The van der Waals surface area contributed by atoms with Crippen LogP contribution in [-0.2, 0) is 16.1 Å². The molecule has 8 nitrogen and oxygen atoms in total. The molecule has 1 aliphatic heterocycles. The predicted molar refractivity (Wildman–Crippen MR) is 131 cm³/mol. The van der Waals surface area contributed by atoms with Crippen molar-refractivity contribution >= 4 is 28.7 Å². The van der Waals surface area contributed by atoms with Crippen LogP contribution in [0.4, 0.5) is 0 Å². The Kier molecular flexibility index (Phi) is 6.08. The summed E-state index contributed by atoms with van der Waals surface area (Å²) >= 11 is 0. The molecule has 0 bridgehead atoms. The molecule has 4 heterocycles. The normalized spacial score (nSPS) is 16.3. The van der Waals surface area contributed by atoms with Crippen molar-refractivity contribution in [3.63, 3.8) is 0 Å². The first-order valence-corrected chi connectivity index (χ1v) is 11.4. The molecule has 1 fully saturated rings. The number of aromatic nitrogens is 3. The highest BCUT2D eigenvalue weighted by Crippen LogP contribution is 2.17. The Hall–Kier alpha value is -4.35. The van der Waals surface area contributed by atoms with E-state index in [-0.39, 0.29) is 28.1 Å². The van der Waals surface area contributed by atoms with Crippen LogP contribution in [0.2, 0.25) is 0 Å². The number of ether oxygens (including phenoxy) is 1. The number of carbonyl (C=O) groups excluding carboxylic acids is 1. The molecule has 1 aliphatic rings. The van der Waals surface area contributed by atoms with E-state index in [9.17, 15) is 14.9 Å². The lowest BCUT2D eigenvalue weighted by Gasteiger charge is -2.17. The van der Waals surface area contributed by atoms with Gasteiger partial charge in [0.15, 0.2) is 5.49 Å². The maximum atomic E-state index is 13.4. The molecule has 0 spiro atoms. The molecule has 1 saturated heterocycles. The van der Waals surface area contributed by atoms with Crippen molar-refractivity contribution in [2.45, 2.75) is 32.4 Å². The Morgan fingerprint density at radius 2 is 2.09 bits per heavy atom. The minimum atomic E-state index is -0.514. The van der Waals surface area contributed by atoms with Crippen LogP contribution in [0.15, 0.2) is 70.6 Å². The summed E-state index contributed by atoms with van der Waals surface area (Å²) in [6.07, 6.45) is 6.32. The molecule has 3 aromatic heterocycles. The molecule has 5 rings (SSSR count). The lowest BCUT2D eigenvalue weighted by molar-refractivity contribution is -0.113. The summed E-state index contributed by atoms with van der Waals surface area (Å²) in [7, 11) is 0. The van der Waals surface area contributed by atoms with E-state index in [0.29, 0.717) is 24.4 Å². The van der Waals surface area contributed by atoms with Crippen LogP contribution in [0, 0.1) is 18.3 Å². The minimum Gasteiger partial charge on any atom is -0.376 e. The predicted octanol–water partition coefficient (Wildman–Crippen LogP) is 3.15. The fourth-order valence-electron chi connectivity index (χ4n) is 4.33. The quantitative estimate of drug-likeness (QED) is 0.340. The van der Waals surface area contributed by atoms with Gasteiger partial charge in [0.1, 0.15) is 17.4 Å². The molecule has 1 unspecified atom stereocenters. The van der Waals surface area contributed by atoms with Crippen LogP contribution >= 0.6 is 0 Å². The Bertz CT molecular complexity index is 1640. The zero-order valence-corrected chi connectivity index (χ0v) is 19.2. The monoisotopic (exact) mass is 465 g/mol. The maximum Gasteiger partial charge on any atom is 0.271 e. The van der Waals surface area contributed by atoms with Crippen LogP contribution in [0.1, 0.15) is 29.5 Å². The van der Waals surface area contributed by atoms with Gasteiger partial charge in [-0.25, -0.2) is 4.98 Å². The molecule has 1 aromatic carbocycles. The first-order valence-electron chi connectivity index (χ1n) is 11.4. The summed E-state index contributed by atoms with van der Waals surface area (Å²) in [5.41, 5.74) is 2.59. The largest absolute Gasteiger partial charge is 0.376 e. The van der Waals surface area contributed by atoms with Crippen LogP contribution < -0.4 is 11.0 Å². The second-order valence-corrected chi connectivity index (χ2v) is 8.47. The molecule has 0 saturated carbocycles. The lowest BCUT2D eigenvalue weighted by Crippen LogP contribution is -2.32. The number of pyridine rings is 2. The summed E-state index contributed by atoms with van der Waals surface area (Å²) in [5, 5.41) is 10.2. The fourth-order valence-corrected chi connectivity index (χ4v) is 4.33. The fraction of sp³-hybridized carbons (Fsp3) is 0.222. The number of hydrogen-bond acceptors (Lipinski definition) is 5. The van der Waals surface area contributed by atoms with Crippen LogP contribution in [-0.4, -0.2) is 32.6 Å². The van der Waals surface area contributed by atoms with Gasteiger partial charge in [0.05, 0.1) is 23.6 Å². The van der Waals surface area contributed by atoms with Gasteiger partial charge in [0.25, 0.3) is 11.5 Å². The highest BCUT2D eigenvalue weighted by molar-refractivity contribution is 5.92. The zero-order valence-electron chi connectivity index (χ0n) is 19.2. The third-order valence-corrected chi connectivity index (χ3v) is 6.07. The van der Waals surface area contributed by atoms with E-state index >= 15 is 0 Å². The molecule has 0 radical (unpaired) electrons. The zero-order chi connectivity index (χ0) is 24.4. The van der Waals surface area contributed by atoms with Crippen molar-refractivity contribution in [2.24, 2.45) is 4.99 Å². The van der Waals surface area contributed by atoms with E-state index in [2.05, 4.69) is 11.1 Å². The second-order valence-electron chi connectivity index (χ2n) is 8.47. The van der Waals surface area contributed by atoms with Gasteiger partial charge in [-0.05, 0) is 49.1 Å². The SMILES string of the molecule is Cc1cccn2c(=O)c3cc(C#N)c(=NC(=O)/C=C/c4ccccc4)n(CC4CCCO4)c3nc12. The van der Waals surface area contributed by atoms with Crippen molar-refractivity contribution in [3.05, 3.63) is 93.3 Å². The third-order valence-electron chi connectivity index (χ3n) is 6.07. The lowest BCUT2D eigenvalue weighted by atomic mass is 10.2. The highest BCUT2D eigenvalue weighted by Gasteiger charge is 2.21. The summed E-state index contributed by atoms with van der Waals surface area (Å²) in [4.78, 5) is 35.2. The number of nitriles is 1. The number of benzene rings is 1. The molecule has 0 N–H and O–H groups in total. The number of amides is 1. The number of hydrogen-bond donors (Lipinski definition) is 0. The van der Waals surface area contributed by atoms with Gasteiger partial charge in [-0.3, -0.25) is 14.0 Å². The Labute approximate surface area is 201 Å². The standard InChI is InChI=1S/C27H23N5O3/c1-18-7-5-13-31-24(18)30-26-22(27(31)34)15-20(16-28)25(32(26)17-21-10-6-14-35-21)29-23(33)12-11-19-8-3-2-4-9-19/h2-5,7-9,11-13,15,21H,6,10,14,17H2,1H3/b12-11+,29-25?. The first-order chi connectivity index (χ1) is 17.0. The number of fused-ring (bicyclic) bond motifs is 2. The van der Waals surface area contributed by atoms with E-state index in [1.807, 2.05) is 43.3 Å². The van der Waals surface area contributed by atoms with Crippen LogP contribution in [0.25, 0.3) is 22.8 Å². The summed E-state index contributed by atoms with van der Waals surface area (Å²) in [6, 6.07) is 16.7. The molecule has 0 aliphatic carbocycles. The van der Waals surface area contributed by atoms with Gasteiger partial charge >= 0.3 is 0 Å². The number of rotatable bonds is 4. The van der Waals surface area contributed by atoms with E-state index < -0.39 is 5.91 Å². The van der Waals surface area contributed by atoms with Gasteiger partial charge in [-0.2, -0.15) is 10.3 Å². The van der Waals surface area contributed by atoms with Gasteiger partial charge in [-0.1, -0.05) is 36.4 Å².